The molecule has 3 aromatic rings. The molecule has 3 N–H and O–H groups in total. The van der Waals surface area contributed by atoms with E-state index in [1.54, 1.807) is 7.11 Å². The molecule has 0 aromatic heterocycles. The largest absolute Gasteiger partial charge is 0.495 e. The molecule has 1 atom stereocenters. The van der Waals surface area contributed by atoms with E-state index in [0.29, 0.717) is 23.8 Å². The number of amides is 2. The van der Waals surface area contributed by atoms with Crippen LogP contribution in [0.3, 0.4) is 0 Å². The summed E-state index contributed by atoms with van der Waals surface area (Å²) in [5.41, 5.74) is 3.95. The van der Waals surface area contributed by atoms with Gasteiger partial charge in [0.05, 0.1) is 12.8 Å². The predicted molar refractivity (Wildman–Crippen MR) is 134 cm³/mol. The van der Waals surface area contributed by atoms with Crippen LogP contribution in [0.4, 0.5) is 17.1 Å². The first-order chi connectivity index (χ1) is 15.9. The summed E-state index contributed by atoms with van der Waals surface area (Å²) in [6, 6.07) is 21.9. The lowest BCUT2D eigenvalue weighted by molar-refractivity contribution is -0.117. The number of benzene rings is 3. The quantitative estimate of drug-likeness (QED) is 0.390. The van der Waals surface area contributed by atoms with Gasteiger partial charge in [-0.25, -0.2) is 0 Å². The molecule has 3 aromatic carbocycles. The molecular weight excluding hydrogens is 414 g/mol. The van der Waals surface area contributed by atoms with Gasteiger partial charge in [-0.3, -0.25) is 9.59 Å². The first-order valence-corrected chi connectivity index (χ1v) is 11.0. The van der Waals surface area contributed by atoms with Gasteiger partial charge in [-0.2, -0.15) is 0 Å². The van der Waals surface area contributed by atoms with Crippen LogP contribution in [0, 0.1) is 12.8 Å². The van der Waals surface area contributed by atoms with Crippen LogP contribution in [0.2, 0.25) is 0 Å². The van der Waals surface area contributed by atoms with Crippen LogP contribution in [0.1, 0.15) is 37.4 Å². The van der Waals surface area contributed by atoms with E-state index < -0.39 is 6.04 Å². The maximum Gasteiger partial charge on any atom is 0.251 e. The average Bonchev–Trinajstić information content (AvgIpc) is 2.78. The van der Waals surface area contributed by atoms with Crippen molar-refractivity contribution in [1.82, 2.24) is 0 Å². The normalized spacial score (nSPS) is 11.5. The smallest absolute Gasteiger partial charge is 0.251 e. The first kappa shape index (κ1) is 23.9. The zero-order chi connectivity index (χ0) is 23.8. The van der Waals surface area contributed by atoms with Crippen molar-refractivity contribution in [2.45, 2.75) is 33.2 Å². The summed E-state index contributed by atoms with van der Waals surface area (Å²) in [5.74, 6) is 0.670. The second-order valence-electron chi connectivity index (χ2n) is 8.40. The fraction of sp³-hybridized carbons (Fsp3) is 0.259. The lowest BCUT2D eigenvalue weighted by Gasteiger charge is -2.21. The number of ether oxygens (including phenoxy) is 1. The molecule has 172 valence electrons. The van der Waals surface area contributed by atoms with Crippen molar-refractivity contribution in [3.8, 4) is 5.75 Å². The average molecular weight is 446 g/mol. The van der Waals surface area contributed by atoms with Crippen LogP contribution in [0.5, 0.6) is 5.75 Å². The summed E-state index contributed by atoms with van der Waals surface area (Å²) in [7, 11) is 1.58. The number of rotatable bonds is 9. The molecule has 0 radical (unpaired) electrons. The molecule has 0 aliphatic carbocycles. The van der Waals surface area contributed by atoms with Gasteiger partial charge in [-0.1, -0.05) is 50.2 Å². The molecule has 0 aliphatic rings. The van der Waals surface area contributed by atoms with E-state index >= 15 is 0 Å². The van der Waals surface area contributed by atoms with Crippen molar-refractivity contribution in [3.63, 3.8) is 0 Å². The molecule has 3 rings (SSSR count). The minimum Gasteiger partial charge on any atom is -0.495 e. The highest BCUT2D eigenvalue weighted by atomic mass is 16.5. The van der Waals surface area contributed by atoms with Gasteiger partial charge in [0.15, 0.2) is 0 Å². The number of hydrogen-bond donors (Lipinski definition) is 3. The number of nitrogens with one attached hydrogen (secondary N) is 3. The summed E-state index contributed by atoms with van der Waals surface area (Å²) < 4.78 is 5.40. The number of carbonyl (C=O) groups is 2. The molecule has 1 unspecified atom stereocenters. The first-order valence-electron chi connectivity index (χ1n) is 11.0. The van der Waals surface area contributed by atoms with Crippen molar-refractivity contribution in [1.29, 1.82) is 0 Å². The topological polar surface area (TPSA) is 79.5 Å². The van der Waals surface area contributed by atoms with Gasteiger partial charge in [0, 0.05) is 17.8 Å². The third-order valence-corrected chi connectivity index (χ3v) is 5.08. The summed E-state index contributed by atoms with van der Waals surface area (Å²) >= 11 is 0. The second kappa shape index (κ2) is 11.2. The molecule has 2 amide bonds. The van der Waals surface area contributed by atoms with Gasteiger partial charge >= 0.3 is 0 Å². The highest BCUT2D eigenvalue weighted by molar-refractivity contribution is 5.98. The molecule has 0 spiro atoms. The Bertz CT molecular complexity index is 1080. The van der Waals surface area contributed by atoms with E-state index in [1.165, 1.54) is 0 Å². The lowest BCUT2D eigenvalue weighted by atomic mass is 10.1. The third kappa shape index (κ3) is 6.84. The van der Waals surface area contributed by atoms with Crippen molar-refractivity contribution >= 4 is 28.9 Å². The zero-order valence-corrected chi connectivity index (χ0v) is 19.5. The van der Waals surface area contributed by atoms with Crippen LogP contribution in [-0.2, 0) is 9.59 Å². The Balaban J connectivity index is 1.79. The molecular formula is C27H31N3O3. The fourth-order valence-corrected chi connectivity index (χ4v) is 3.47. The van der Waals surface area contributed by atoms with Gasteiger partial charge in [-0.15, -0.1) is 0 Å². The highest BCUT2D eigenvalue weighted by Gasteiger charge is 2.22. The molecule has 0 aliphatic heterocycles. The summed E-state index contributed by atoms with van der Waals surface area (Å²) in [5, 5.41) is 9.21. The number of carbonyl (C=O) groups excluding carboxylic acids is 2. The minimum atomic E-state index is -0.627. The van der Waals surface area contributed by atoms with E-state index in [0.717, 1.165) is 22.5 Å². The van der Waals surface area contributed by atoms with E-state index in [4.69, 9.17) is 4.74 Å². The Morgan fingerprint density at radius 2 is 1.55 bits per heavy atom. The Kier molecular flexibility index (Phi) is 8.08. The Hall–Kier alpha value is -3.80. The van der Waals surface area contributed by atoms with Crippen LogP contribution in [0.15, 0.2) is 72.8 Å². The van der Waals surface area contributed by atoms with E-state index in [1.807, 2.05) is 93.6 Å². The summed E-state index contributed by atoms with van der Waals surface area (Å²) in [6.07, 6.45) is 0.471. The van der Waals surface area contributed by atoms with Crippen molar-refractivity contribution in [2.75, 3.05) is 23.1 Å². The van der Waals surface area contributed by atoms with Gasteiger partial charge in [0.1, 0.15) is 11.8 Å². The highest BCUT2D eigenvalue weighted by Crippen LogP contribution is 2.28. The summed E-state index contributed by atoms with van der Waals surface area (Å²) in [4.78, 5) is 25.3. The number of hydrogen-bond acceptors (Lipinski definition) is 4. The Labute approximate surface area is 195 Å². The number of anilines is 3. The van der Waals surface area contributed by atoms with Gasteiger partial charge in [0.2, 0.25) is 5.91 Å². The molecule has 0 saturated heterocycles. The Morgan fingerprint density at radius 1 is 0.879 bits per heavy atom. The van der Waals surface area contributed by atoms with Crippen molar-refractivity contribution in [3.05, 3.63) is 83.9 Å². The van der Waals surface area contributed by atoms with E-state index in [-0.39, 0.29) is 11.8 Å². The molecule has 6 heteroatoms. The second-order valence-corrected chi connectivity index (χ2v) is 8.40. The standard InChI is InChI=1S/C27H31N3O3/c1-18(2)16-25(31)28-21-11-13-22(14-12-21)29-26(20-8-6-5-7-9-20)27(32)30-23-17-19(3)10-15-24(23)33-4/h5-15,17-18,26,29H,16H2,1-4H3,(H,28,31)(H,30,32). The molecule has 33 heavy (non-hydrogen) atoms. The molecule has 0 saturated carbocycles. The zero-order valence-electron chi connectivity index (χ0n) is 19.5. The van der Waals surface area contributed by atoms with Crippen molar-refractivity contribution in [2.24, 2.45) is 5.92 Å². The monoisotopic (exact) mass is 445 g/mol. The minimum absolute atomic E-state index is 0.0145. The van der Waals surface area contributed by atoms with Gasteiger partial charge in [-0.05, 0) is 60.4 Å². The van der Waals surface area contributed by atoms with Gasteiger partial charge < -0.3 is 20.7 Å². The van der Waals surface area contributed by atoms with Crippen LogP contribution in [-0.4, -0.2) is 18.9 Å². The fourth-order valence-electron chi connectivity index (χ4n) is 3.47. The van der Waals surface area contributed by atoms with Crippen LogP contribution in [0.25, 0.3) is 0 Å². The van der Waals surface area contributed by atoms with Crippen LogP contribution >= 0.6 is 0 Å². The molecule has 0 bridgehead atoms. The maximum absolute atomic E-state index is 13.3. The molecule has 0 fully saturated rings. The number of aryl methyl sites for hydroxylation is 1. The lowest BCUT2D eigenvalue weighted by Crippen LogP contribution is -2.27. The number of methoxy groups -OCH3 is 1. The van der Waals surface area contributed by atoms with Crippen molar-refractivity contribution < 1.29 is 14.3 Å². The van der Waals surface area contributed by atoms with E-state index in [2.05, 4.69) is 16.0 Å². The third-order valence-electron chi connectivity index (χ3n) is 5.08. The summed E-state index contributed by atoms with van der Waals surface area (Å²) in [6.45, 7) is 5.98. The molecule has 0 heterocycles. The van der Waals surface area contributed by atoms with Gasteiger partial charge in [0.25, 0.3) is 5.91 Å². The van der Waals surface area contributed by atoms with E-state index in [9.17, 15) is 9.59 Å². The Morgan fingerprint density at radius 3 is 2.18 bits per heavy atom. The van der Waals surface area contributed by atoms with Crippen LogP contribution < -0.4 is 20.7 Å². The predicted octanol–water partition coefficient (Wildman–Crippen LogP) is 5.78. The SMILES string of the molecule is COc1ccc(C)cc1NC(=O)C(Nc1ccc(NC(=O)CC(C)C)cc1)c1ccccc1. The molecule has 6 nitrogen and oxygen atoms in total. The maximum atomic E-state index is 13.3.